The molecule has 8 nitrogen and oxygen atoms in total. The van der Waals surface area contributed by atoms with Gasteiger partial charge < -0.3 is 30.9 Å². The van der Waals surface area contributed by atoms with Gasteiger partial charge in [-0.3, -0.25) is 4.79 Å². The molecule has 1 unspecified atom stereocenters. The second-order valence-corrected chi connectivity index (χ2v) is 12.1. The van der Waals surface area contributed by atoms with E-state index in [1.807, 2.05) is 61.0 Å². The zero-order valence-electron chi connectivity index (χ0n) is 30.7. The quantitative estimate of drug-likeness (QED) is 0.0804. The third-order valence-corrected chi connectivity index (χ3v) is 7.05. The van der Waals surface area contributed by atoms with Crippen molar-refractivity contribution in [3.05, 3.63) is 53.4 Å². The topological polar surface area (TPSA) is 141 Å². The van der Waals surface area contributed by atoms with Crippen LogP contribution in [0.4, 0.5) is 0 Å². The summed E-state index contributed by atoms with van der Waals surface area (Å²) in [5, 5.41) is 3.19. The van der Waals surface area contributed by atoms with E-state index in [0.717, 1.165) is 42.1 Å². The molecule has 0 bridgehead atoms. The van der Waals surface area contributed by atoms with Gasteiger partial charge in [0.1, 0.15) is 6.29 Å². The number of amides is 1. The second kappa shape index (κ2) is 37.9. The number of carbonyl (C=O) groups excluding carboxylic acids is 2. The Bertz CT molecular complexity index is 900. The highest BCUT2D eigenvalue weighted by molar-refractivity contribution is 7.93. The van der Waals surface area contributed by atoms with Crippen LogP contribution in [0.5, 0.6) is 0 Å². The number of hydrogen-bond acceptors (Lipinski definition) is 9. The molecule has 1 aromatic heterocycles. The fraction of sp³-hybridized carbons (Fsp3) is 0.629. The lowest BCUT2D eigenvalue weighted by molar-refractivity contribution is -0.110. The smallest absolute Gasteiger partial charge is 0.204 e. The number of nitrogens with two attached hydrogens (primary N) is 2. The van der Waals surface area contributed by atoms with Gasteiger partial charge in [0, 0.05) is 5.75 Å². The van der Waals surface area contributed by atoms with E-state index in [1.165, 1.54) is 41.7 Å². The number of primary amides is 1. The molecule has 0 aliphatic carbocycles. The van der Waals surface area contributed by atoms with E-state index in [2.05, 4.69) is 72.4 Å². The number of thiazole rings is 1. The number of hydrogen-bond donors (Lipinski definition) is 4. The Kier molecular flexibility index (Phi) is 44.1. The first-order valence-corrected chi connectivity index (χ1v) is 17.5. The van der Waals surface area contributed by atoms with Gasteiger partial charge in [-0.1, -0.05) is 99.6 Å². The van der Waals surface area contributed by atoms with Crippen LogP contribution in [-0.4, -0.2) is 54.7 Å². The van der Waals surface area contributed by atoms with Gasteiger partial charge in [0.25, 0.3) is 0 Å². The number of allylic oxidation sites excluding steroid dienone is 1. The number of benzene rings is 1. The van der Waals surface area contributed by atoms with Crippen LogP contribution >= 0.6 is 23.4 Å². The molecule has 2 aromatic rings. The molecule has 1 amide bonds. The van der Waals surface area contributed by atoms with Crippen LogP contribution in [0.25, 0.3) is 10.4 Å². The average molecular weight is 673 g/mol. The minimum absolute atomic E-state index is 0.0816. The third kappa shape index (κ3) is 37.9. The predicted octanol–water partition coefficient (Wildman–Crippen LogP) is 8.78. The molecule has 1 heterocycles. The van der Waals surface area contributed by atoms with E-state index in [0.29, 0.717) is 5.92 Å². The van der Waals surface area contributed by atoms with Crippen LogP contribution in [0.1, 0.15) is 99.8 Å². The molecule has 264 valence electrons. The Labute approximate surface area is 285 Å². The first-order chi connectivity index (χ1) is 21.2. The van der Waals surface area contributed by atoms with E-state index in [9.17, 15) is 4.79 Å². The summed E-state index contributed by atoms with van der Waals surface area (Å²) in [5.74, 6) is 2.21. The van der Waals surface area contributed by atoms with Gasteiger partial charge in [-0.25, -0.2) is 4.98 Å². The number of carbonyl (C=O) groups is 2. The number of ether oxygens (including phenoxy) is 1. The van der Waals surface area contributed by atoms with Crippen LogP contribution in [0.2, 0.25) is 0 Å². The predicted molar refractivity (Wildman–Crippen MR) is 202 cm³/mol. The van der Waals surface area contributed by atoms with Crippen LogP contribution in [-0.2, 0) is 20.7 Å². The molecule has 0 radical (unpaired) electrons. The van der Waals surface area contributed by atoms with Crippen molar-refractivity contribution in [1.82, 2.24) is 10.3 Å². The van der Waals surface area contributed by atoms with Gasteiger partial charge in [-0.2, -0.15) is 0 Å². The number of aryl methyl sites for hydroxylation is 2. The Morgan fingerprint density at radius 1 is 1.11 bits per heavy atom. The van der Waals surface area contributed by atoms with Crippen molar-refractivity contribution < 1.29 is 18.9 Å². The van der Waals surface area contributed by atoms with Crippen molar-refractivity contribution in [2.45, 2.75) is 108 Å². The molecule has 2 rings (SSSR count). The number of aldehydes is 1. The molecular formula is C35H68N4O4S2. The number of unbranched alkanes of at least 4 members (excludes halogenated alkanes) is 2. The third-order valence-electron chi connectivity index (χ3n) is 5.26. The largest absolute Gasteiger partial charge is 0.502 e. The van der Waals surface area contributed by atoms with Crippen LogP contribution in [0, 0.1) is 18.3 Å². The van der Waals surface area contributed by atoms with Crippen LogP contribution in [0.15, 0.2) is 42.1 Å². The number of methoxy groups -OCH3 is 1. The lowest BCUT2D eigenvalue weighted by Crippen LogP contribution is -2.36. The van der Waals surface area contributed by atoms with E-state index < -0.39 is 0 Å². The van der Waals surface area contributed by atoms with Crippen molar-refractivity contribution in [2.75, 3.05) is 26.5 Å². The summed E-state index contributed by atoms with van der Waals surface area (Å²) in [6.45, 7) is 26.4. The maximum absolute atomic E-state index is 10.0. The van der Waals surface area contributed by atoms with Gasteiger partial charge in [0.05, 0.1) is 35.0 Å². The Morgan fingerprint density at radius 3 is 1.87 bits per heavy atom. The Hall–Kier alpha value is -2.24. The molecule has 0 aliphatic rings. The van der Waals surface area contributed by atoms with Crippen LogP contribution < -0.4 is 16.8 Å². The Morgan fingerprint density at radius 2 is 1.60 bits per heavy atom. The monoisotopic (exact) mass is 672 g/mol. The highest BCUT2D eigenvalue weighted by Gasteiger charge is 2.18. The molecule has 0 aliphatic heterocycles. The SMILES string of the molecule is C=C(C)OC.CC.CC.CC(C)(C)C(N)C=O.CC(C)CSO.CNCCCCCc1ccc(-c2scnc2C)cc1.NC=O. The summed E-state index contributed by atoms with van der Waals surface area (Å²) >= 11 is 2.63. The normalized spacial score (nSPS) is 9.96. The van der Waals surface area contributed by atoms with E-state index in [1.54, 1.807) is 25.4 Å². The van der Waals surface area contributed by atoms with Gasteiger partial charge >= 0.3 is 0 Å². The van der Waals surface area contributed by atoms with Gasteiger partial charge in [-0.15, -0.1) is 11.3 Å². The van der Waals surface area contributed by atoms with Gasteiger partial charge in [0.15, 0.2) is 0 Å². The molecule has 1 atom stereocenters. The fourth-order valence-corrected chi connectivity index (χ4v) is 3.67. The van der Waals surface area contributed by atoms with Crippen LogP contribution in [0.3, 0.4) is 0 Å². The highest BCUT2D eigenvalue weighted by Crippen LogP contribution is 2.27. The standard InChI is InChI=1S/C16H22N2S.C6H13NO.C4H10OS.C4H8O.2C2H6.CH3NO/c1-13-16(19-12-18-13)15-9-7-14(8-10-15)6-4-3-5-11-17-2;1-6(2,3)5(7)4-8;1-4(2)3-6-5;1-4(2)5-3;2*1-2;2-1-3/h7-10,12,17H,3-6,11H2,1-2H3;4-5H,7H2,1-3H3;4-5H,3H2,1-2H3;1H2,2-3H3;2*1-2H3;1H,(H2,2,3). The molecule has 0 fully saturated rings. The molecule has 10 heteroatoms. The number of nitrogens with one attached hydrogen (secondary N) is 1. The lowest BCUT2D eigenvalue weighted by atomic mass is 9.89. The molecule has 0 saturated heterocycles. The second-order valence-electron chi connectivity index (χ2n) is 10.6. The van der Waals surface area contributed by atoms with Crippen molar-refractivity contribution in [3.63, 3.8) is 0 Å². The highest BCUT2D eigenvalue weighted by atomic mass is 32.2. The first-order valence-electron chi connectivity index (χ1n) is 15.7. The minimum atomic E-state index is -0.331. The van der Waals surface area contributed by atoms with E-state index in [4.69, 9.17) is 15.1 Å². The lowest BCUT2D eigenvalue weighted by Gasteiger charge is -2.20. The molecular weight excluding hydrogens is 605 g/mol. The molecule has 6 N–H and O–H groups in total. The van der Waals surface area contributed by atoms with E-state index >= 15 is 0 Å². The summed E-state index contributed by atoms with van der Waals surface area (Å²) in [4.78, 5) is 24.2. The van der Waals surface area contributed by atoms with Crippen molar-refractivity contribution >= 4 is 36.1 Å². The molecule has 45 heavy (non-hydrogen) atoms. The number of aromatic nitrogens is 1. The molecule has 0 spiro atoms. The van der Waals surface area contributed by atoms with E-state index in [-0.39, 0.29) is 17.9 Å². The summed E-state index contributed by atoms with van der Waals surface area (Å²) in [5.41, 5.74) is 15.2. The zero-order valence-corrected chi connectivity index (χ0v) is 32.4. The van der Waals surface area contributed by atoms with Crippen molar-refractivity contribution in [2.24, 2.45) is 22.8 Å². The first kappa shape index (κ1) is 52.3. The summed E-state index contributed by atoms with van der Waals surface area (Å²) in [6.07, 6.45) is 6.07. The summed E-state index contributed by atoms with van der Waals surface area (Å²) in [6, 6.07) is 8.63. The number of nitrogens with zero attached hydrogens (tertiary/aromatic N) is 1. The molecule has 0 saturated carbocycles. The average Bonchev–Trinajstić information content (AvgIpc) is 3.45. The molecule has 1 aromatic carbocycles. The zero-order chi connectivity index (χ0) is 36.3. The summed E-state index contributed by atoms with van der Waals surface area (Å²) < 4.78 is 12.7. The minimum Gasteiger partial charge on any atom is -0.502 e. The fourth-order valence-electron chi connectivity index (χ4n) is 2.56. The number of rotatable bonds is 11. The van der Waals surface area contributed by atoms with Crippen molar-refractivity contribution in [3.8, 4) is 10.4 Å². The van der Waals surface area contributed by atoms with Gasteiger partial charge in [-0.05, 0) is 81.2 Å². The Balaban J connectivity index is -0.000000171. The maximum atomic E-state index is 10.0. The summed E-state index contributed by atoms with van der Waals surface area (Å²) in [7, 11) is 3.61. The van der Waals surface area contributed by atoms with Gasteiger partial charge in [0.2, 0.25) is 6.41 Å². The maximum Gasteiger partial charge on any atom is 0.204 e. The van der Waals surface area contributed by atoms with Crippen molar-refractivity contribution in [1.29, 1.82) is 0 Å².